The number of amides is 1. The van der Waals surface area contributed by atoms with E-state index >= 15 is 0 Å². The van der Waals surface area contributed by atoms with Crippen LogP contribution in [0.2, 0.25) is 0 Å². The van der Waals surface area contributed by atoms with Crippen LogP contribution >= 0.6 is 0 Å². The van der Waals surface area contributed by atoms with Crippen LogP contribution in [0.4, 0.5) is 0 Å². The van der Waals surface area contributed by atoms with Gasteiger partial charge in [-0.1, -0.05) is 12.1 Å². The first-order valence-corrected chi connectivity index (χ1v) is 8.93. The molecule has 1 unspecified atom stereocenters. The Morgan fingerprint density at radius 1 is 1.35 bits per heavy atom. The van der Waals surface area contributed by atoms with Crippen LogP contribution in [0.3, 0.4) is 0 Å². The molecule has 4 rings (SSSR count). The summed E-state index contributed by atoms with van der Waals surface area (Å²) in [6.07, 6.45) is 2.72. The molecule has 26 heavy (non-hydrogen) atoms. The number of hydrogen-bond donors (Lipinski definition) is 1. The zero-order valence-corrected chi connectivity index (χ0v) is 15.0. The Morgan fingerprint density at radius 2 is 2.15 bits per heavy atom. The Kier molecular flexibility index (Phi) is 4.11. The Morgan fingerprint density at radius 3 is 2.88 bits per heavy atom. The molecule has 3 aromatic rings. The van der Waals surface area contributed by atoms with E-state index in [9.17, 15) is 9.59 Å². The summed E-state index contributed by atoms with van der Waals surface area (Å²) in [6.45, 7) is 5.84. The van der Waals surface area contributed by atoms with Crippen molar-refractivity contribution in [3.63, 3.8) is 0 Å². The van der Waals surface area contributed by atoms with E-state index in [1.165, 1.54) is 0 Å². The van der Waals surface area contributed by atoms with E-state index < -0.39 is 0 Å². The van der Waals surface area contributed by atoms with Crippen LogP contribution in [0.5, 0.6) is 0 Å². The predicted octanol–water partition coefficient (Wildman–Crippen LogP) is 2.57. The van der Waals surface area contributed by atoms with Gasteiger partial charge in [0.25, 0.3) is 5.56 Å². The van der Waals surface area contributed by atoms with Crippen molar-refractivity contribution in [1.29, 1.82) is 0 Å². The van der Waals surface area contributed by atoms with Crippen molar-refractivity contribution in [2.75, 3.05) is 13.1 Å². The molecule has 6 heteroatoms. The van der Waals surface area contributed by atoms with E-state index in [0.29, 0.717) is 11.5 Å². The van der Waals surface area contributed by atoms with Gasteiger partial charge >= 0.3 is 0 Å². The first-order chi connectivity index (χ1) is 12.5. The number of para-hydroxylation sites is 2. The Balaban J connectivity index is 1.76. The number of hydrogen-bond acceptors (Lipinski definition) is 3. The summed E-state index contributed by atoms with van der Waals surface area (Å²) in [4.78, 5) is 32.9. The summed E-state index contributed by atoms with van der Waals surface area (Å²) < 4.78 is 2.22. The molecule has 2 aromatic heterocycles. The lowest BCUT2D eigenvalue weighted by Crippen LogP contribution is -2.26. The fourth-order valence-corrected chi connectivity index (χ4v) is 3.73. The van der Waals surface area contributed by atoms with E-state index in [2.05, 4.69) is 15.6 Å². The van der Waals surface area contributed by atoms with Crippen LogP contribution in [0.15, 0.2) is 41.3 Å². The molecule has 1 amide bonds. The Labute approximate surface area is 151 Å². The molecular weight excluding hydrogens is 328 g/mol. The number of rotatable bonds is 3. The molecule has 1 aliphatic rings. The lowest BCUT2D eigenvalue weighted by molar-refractivity contribution is -0.127. The molecule has 1 fully saturated rings. The van der Waals surface area contributed by atoms with Gasteiger partial charge in [0.2, 0.25) is 5.91 Å². The average Bonchev–Trinajstić information content (AvgIpc) is 3.23. The monoisotopic (exact) mass is 350 g/mol. The lowest BCUT2D eigenvalue weighted by atomic mass is 10.1. The number of pyridine rings is 1. The molecule has 0 saturated carbocycles. The Hall–Kier alpha value is -2.89. The van der Waals surface area contributed by atoms with Crippen molar-refractivity contribution >= 4 is 16.9 Å². The zero-order valence-electron chi connectivity index (χ0n) is 15.0. The van der Waals surface area contributed by atoms with Gasteiger partial charge in [-0.15, -0.1) is 0 Å². The number of H-pyrrole nitrogens is 1. The first-order valence-electron chi connectivity index (χ1n) is 8.93. The summed E-state index contributed by atoms with van der Waals surface area (Å²) in [7, 11) is 0. The number of carbonyl (C=O) groups is 1. The second-order valence-corrected chi connectivity index (χ2v) is 7.05. The highest BCUT2D eigenvalue weighted by atomic mass is 16.2. The van der Waals surface area contributed by atoms with Gasteiger partial charge in [-0.25, -0.2) is 4.98 Å². The summed E-state index contributed by atoms with van der Waals surface area (Å²) in [6, 6.07) is 9.95. The number of benzene rings is 1. The number of nitrogens with one attached hydrogen (secondary N) is 1. The number of carbonyl (C=O) groups excluding carboxylic acids is 1. The molecule has 1 aromatic carbocycles. The maximum atomic E-state index is 11.7. The number of likely N-dealkylation sites (tertiary alicyclic amines) is 1. The van der Waals surface area contributed by atoms with Crippen molar-refractivity contribution in [3.8, 4) is 11.4 Å². The van der Waals surface area contributed by atoms with Gasteiger partial charge in [0, 0.05) is 43.9 Å². The maximum absolute atomic E-state index is 11.7. The third-order valence-corrected chi connectivity index (χ3v) is 5.17. The third-order valence-electron chi connectivity index (χ3n) is 5.17. The predicted molar refractivity (Wildman–Crippen MR) is 101 cm³/mol. The molecule has 0 radical (unpaired) electrons. The summed E-state index contributed by atoms with van der Waals surface area (Å²) in [5.41, 5.74) is 3.51. The number of nitrogens with zero attached hydrogens (tertiary/aromatic N) is 3. The van der Waals surface area contributed by atoms with Gasteiger partial charge < -0.3 is 14.5 Å². The highest BCUT2D eigenvalue weighted by Gasteiger charge is 2.26. The minimum absolute atomic E-state index is 0.0793. The standard InChI is InChI=1S/C20H22N4O2/c1-13-9-16(10-21-20(13)26)19-22-17-5-3-4-6-18(17)24(19)12-15-7-8-23(11-15)14(2)25/h3-6,9-10,15H,7-8,11-12H2,1-2H3,(H,21,26). The molecule has 0 bridgehead atoms. The topological polar surface area (TPSA) is 71.0 Å². The van der Waals surface area contributed by atoms with Gasteiger partial charge in [0.1, 0.15) is 5.82 Å². The van der Waals surface area contributed by atoms with Gasteiger partial charge in [-0.2, -0.15) is 0 Å². The number of aromatic nitrogens is 3. The third kappa shape index (κ3) is 2.92. The van der Waals surface area contributed by atoms with E-state index in [4.69, 9.17) is 4.98 Å². The Bertz CT molecular complexity index is 1030. The van der Waals surface area contributed by atoms with Gasteiger partial charge in [-0.05, 0) is 37.5 Å². The molecule has 134 valence electrons. The van der Waals surface area contributed by atoms with Crippen LogP contribution in [-0.2, 0) is 11.3 Å². The molecule has 3 heterocycles. The van der Waals surface area contributed by atoms with E-state index in [1.54, 1.807) is 20.0 Å². The molecule has 1 saturated heterocycles. The van der Waals surface area contributed by atoms with E-state index in [1.807, 2.05) is 29.2 Å². The summed E-state index contributed by atoms with van der Waals surface area (Å²) >= 11 is 0. The van der Waals surface area contributed by atoms with Crippen molar-refractivity contribution in [1.82, 2.24) is 19.4 Å². The van der Waals surface area contributed by atoms with Crippen molar-refractivity contribution < 1.29 is 4.79 Å². The molecule has 1 atom stereocenters. The SMILES string of the molecule is CC(=O)N1CCC(Cn2c(-c3c[nH]c(=O)c(C)c3)nc3ccccc32)C1. The van der Waals surface area contributed by atoms with Crippen LogP contribution in [0.1, 0.15) is 18.9 Å². The zero-order chi connectivity index (χ0) is 18.3. The van der Waals surface area contributed by atoms with E-state index in [0.717, 1.165) is 48.5 Å². The van der Waals surface area contributed by atoms with Gasteiger partial charge in [0.05, 0.1) is 11.0 Å². The summed E-state index contributed by atoms with van der Waals surface area (Å²) in [5, 5.41) is 0. The normalized spacial score (nSPS) is 17.2. The number of fused-ring (bicyclic) bond motifs is 1. The number of aromatic amines is 1. The van der Waals surface area contributed by atoms with Gasteiger partial charge in [-0.3, -0.25) is 9.59 Å². The minimum atomic E-state index is -0.0793. The highest BCUT2D eigenvalue weighted by molar-refractivity contribution is 5.80. The highest BCUT2D eigenvalue weighted by Crippen LogP contribution is 2.28. The number of aryl methyl sites for hydroxylation is 1. The fourth-order valence-electron chi connectivity index (χ4n) is 3.73. The molecule has 6 nitrogen and oxygen atoms in total. The second-order valence-electron chi connectivity index (χ2n) is 7.05. The molecular formula is C20H22N4O2. The fraction of sp³-hybridized carbons (Fsp3) is 0.350. The molecule has 0 spiro atoms. The average molecular weight is 350 g/mol. The quantitative estimate of drug-likeness (QED) is 0.789. The van der Waals surface area contributed by atoms with Crippen LogP contribution in [0.25, 0.3) is 22.4 Å². The van der Waals surface area contributed by atoms with Crippen LogP contribution < -0.4 is 5.56 Å². The van der Waals surface area contributed by atoms with Crippen molar-refractivity contribution in [2.45, 2.75) is 26.8 Å². The van der Waals surface area contributed by atoms with E-state index in [-0.39, 0.29) is 11.5 Å². The van der Waals surface area contributed by atoms with Crippen molar-refractivity contribution in [2.24, 2.45) is 5.92 Å². The largest absolute Gasteiger partial charge is 0.343 e. The van der Waals surface area contributed by atoms with Crippen LogP contribution in [-0.4, -0.2) is 38.4 Å². The lowest BCUT2D eigenvalue weighted by Gasteiger charge is -2.16. The van der Waals surface area contributed by atoms with Crippen molar-refractivity contribution in [3.05, 3.63) is 52.4 Å². The number of imidazole rings is 1. The van der Waals surface area contributed by atoms with Gasteiger partial charge in [0.15, 0.2) is 0 Å². The maximum Gasteiger partial charge on any atom is 0.250 e. The molecule has 1 aliphatic heterocycles. The minimum Gasteiger partial charge on any atom is -0.343 e. The summed E-state index contributed by atoms with van der Waals surface area (Å²) in [5.74, 6) is 1.39. The molecule has 1 N–H and O–H groups in total. The van der Waals surface area contributed by atoms with Crippen LogP contribution in [0, 0.1) is 12.8 Å². The smallest absolute Gasteiger partial charge is 0.250 e. The second kappa shape index (κ2) is 6.44. The first kappa shape index (κ1) is 16.6. The molecule has 0 aliphatic carbocycles.